The molecular weight excluding hydrogens is 324 g/mol. The van der Waals surface area contributed by atoms with Crippen molar-refractivity contribution in [3.63, 3.8) is 0 Å². The molecule has 1 aromatic rings. The summed E-state index contributed by atoms with van der Waals surface area (Å²) in [7, 11) is 0. The molecule has 0 saturated carbocycles. The minimum atomic E-state index is -0.302. The van der Waals surface area contributed by atoms with E-state index >= 15 is 0 Å². The lowest BCUT2D eigenvalue weighted by Crippen LogP contribution is -2.36. The largest absolute Gasteiger partial charge is 0.368 e. The maximum atomic E-state index is 11.8. The van der Waals surface area contributed by atoms with Crippen LogP contribution in [0.25, 0.3) is 0 Å². The quantitative estimate of drug-likeness (QED) is 0.894. The molecule has 1 fully saturated rings. The van der Waals surface area contributed by atoms with Gasteiger partial charge in [-0.25, -0.2) is 0 Å². The summed E-state index contributed by atoms with van der Waals surface area (Å²) in [5.41, 5.74) is 6.60. The second-order valence-corrected chi connectivity index (χ2v) is 6.79. The molecule has 1 aromatic carbocycles. The minimum Gasteiger partial charge on any atom is -0.368 e. The van der Waals surface area contributed by atoms with Crippen LogP contribution in [0.3, 0.4) is 0 Å². The number of carbonyl (C=O) groups excluding carboxylic acids is 1. The Labute approximate surface area is 127 Å². The molecule has 2 N–H and O–H groups in total. The molecule has 1 aliphatic rings. The third-order valence-corrected chi connectivity index (χ3v) is 4.82. The summed E-state index contributed by atoms with van der Waals surface area (Å²) in [6.07, 6.45) is 3.28. The first-order valence-corrected chi connectivity index (χ1v) is 8.58. The molecule has 1 heterocycles. The fourth-order valence-corrected chi connectivity index (χ4v) is 3.86. The Bertz CT molecular complexity index is 455. The van der Waals surface area contributed by atoms with Gasteiger partial charge < -0.3 is 5.73 Å². The van der Waals surface area contributed by atoms with E-state index < -0.39 is 0 Å². The van der Waals surface area contributed by atoms with E-state index in [9.17, 15) is 4.79 Å². The number of halogens is 1. The molecule has 3 nitrogen and oxygen atoms in total. The van der Waals surface area contributed by atoms with Crippen LogP contribution in [0.15, 0.2) is 28.7 Å². The van der Waals surface area contributed by atoms with E-state index in [1.807, 2.05) is 36.0 Å². The molecule has 0 unspecified atom stereocenters. The average molecular weight is 343 g/mol. The summed E-state index contributed by atoms with van der Waals surface area (Å²) < 4.78 is 0.983. The SMILES string of the molecule is CSC[C@@H]1CCN([C@H](C(N)=O)c2cccc(Br)c2)C1. The molecule has 0 aromatic heterocycles. The third-order valence-electron chi connectivity index (χ3n) is 3.52. The van der Waals surface area contributed by atoms with Gasteiger partial charge in [-0.2, -0.15) is 11.8 Å². The predicted molar refractivity (Wildman–Crippen MR) is 84.1 cm³/mol. The number of nitrogens with zero attached hydrogens (tertiary/aromatic N) is 1. The van der Waals surface area contributed by atoms with Crippen LogP contribution in [0, 0.1) is 5.92 Å². The topological polar surface area (TPSA) is 46.3 Å². The van der Waals surface area contributed by atoms with Crippen LogP contribution in [-0.2, 0) is 4.79 Å². The molecular formula is C14H19BrN2OS. The fourth-order valence-electron chi connectivity index (χ4n) is 2.70. The Morgan fingerprint density at radius 3 is 3.05 bits per heavy atom. The van der Waals surface area contributed by atoms with Gasteiger partial charge in [0.15, 0.2) is 0 Å². The van der Waals surface area contributed by atoms with Crippen molar-refractivity contribution in [1.29, 1.82) is 0 Å². The molecule has 1 saturated heterocycles. The van der Waals surface area contributed by atoms with Gasteiger partial charge in [0.1, 0.15) is 6.04 Å². The van der Waals surface area contributed by atoms with E-state index in [-0.39, 0.29) is 11.9 Å². The molecule has 2 atom stereocenters. The zero-order valence-corrected chi connectivity index (χ0v) is 13.4. The lowest BCUT2D eigenvalue weighted by Gasteiger charge is -2.25. The van der Waals surface area contributed by atoms with Crippen LogP contribution < -0.4 is 5.73 Å². The van der Waals surface area contributed by atoms with Crippen LogP contribution in [0.1, 0.15) is 18.0 Å². The summed E-state index contributed by atoms with van der Waals surface area (Å²) in [5, 5.41) is 0. The van der Waals surface area contributed by atoms with Crippen molar-refractivity contribution in [2.45, 2.75) is 12.5 Å². The lowest BCUT2D eigenvalue weighted by molar-refractivity contribution is -0.123. The van der Waals surface area contributed by atoms with Gasteiger partial charge in [0.25, 0.3) is 0 Å². The Hall–Kier alpha value is -0.520. The van der Waals surface area contributed by atoms with Crippen molar-refractivity contribution in [3.8, 4) is 0 Å². The molecule has 0 bridgehead atoms. The number of rotatable bonds is 5. The maximum absolute atomic E-state index is 11.8. The molecule has 1 aliphatic heterocycles. The van der Waals surface area contributed by atoms with Crippen molar-refractivity contribution < 1.29 is 4.79 Å². The Morgan fingerprint density at radius 2 is 2.42 bits per heavy atom. The monoisotopic (exact) mass is 342 g/mol. The number of primary amides is 1. The number of carbonyl (C=O) groups is 1. The van der Waals surface area contributed by atoms with E-state index in [4.69, 9.17) is 5.73 Å². The predicted octanol–water partition coefficient (Wildman–Crippen LogP) is 2.66. The number of likely N-dealkylation sites (tertiary alicyclic amines) is 1. The summed E-state index contributed by atoms with van der Waals surface area (Å²) in [6.45, 7) is 1.91. The van der Waals surface area contributed by atoms with Gasteiger partial charge in [-0.05, 0) is 48.6 Å². The van der Waals surface area contributed by atoms with Crippen LogP contribution in [0.4, 0.5) is 0 Å². The molecule has 1 amide bonds. The van der Waals surface area contributed by atoms with Gasteiger partial charge in [-0.3, -0.25) is 9.69 Å². The fraction of sp³-hybridized carbons (Fsp3) is 0.500. The Balaban J connectivity index is 2.15. The number of hydrogen-bond acceptors (Lipinski definition) is 3. The first kappa shape index (κ1) is 14.9. The molecule has 19 heavy (non-hydrogen) atoms. The van der Waals surface area contributed by atoms with Crippen LogP contribution in [0.5, 0.6) is 0 Å². The molecule has 2 rings (SSSR count). The van der Waals surface area contributed by atoms with Gasteiger partial charge in [-0.15, -0.1) is 0 Å². The highest BCUT2D eigenvalue weighted by Gasteiger charge is 2.32. The maximum Gasteiger partial charge on any atom is 0.239 e. The summed E-state index contributed by atoms with van der Waals surface area (Å²) in [4.78, 5) is 14.0. The normalized spacial score (nSPS) is 21.5. The number of thioether (sulfide) groups is 1. The summed E-state index contributed by atoms with van der Waals surface area (Å²) in [6, 6.07) is 7.57. The highest BCUT2D eigenvalue weighted by Crippen LogP contribution is 2.30. The van der Waals surface area contributed by atoms with Gasteiger partial charge >= 0.3 is 0 Å². The average Bonchev–Trinajstić information content (AvgIpc) is 2.78. The second kappa shape index (κ2) is 6.77. The molecule has 0 spiro atoms. The van der Waals surface area contributed by atoms with E-state index in [1.54, 1.807) is 0 Å². The molecule has 5 heteroatoms. The molecule has 0 aliphatic carbocycles. The first-order chi connectivity index (χ1) is 9.11. The van der Waals surface area contributed by atoms with Crippen molar-refractivity contribution in [2.75, 3.05) is 25.1 Å². The smallest absolute Gasteiger partial charge is 0.239 e. The third kappa shape index (κ3) is 3.74. The lowest BCUT2D eigenvalue weighted by atomic mass is 10.1. The van der Waals surface area contributed by atoms with E-state index in [1.165, 1.54) is 0 Å². The van der Waals surface area contributed by atoms with Crippen LogP contribution in [-0.4, -0.2) is 35.9 Å². The highest BCUT2D eigenvalue weighted by atomic mass is 79.9. The van der Waals surface area contributed by atoms with Gasteiger partial charge in [0, 0.05) is 11.0 Å². The van der Waals surface area contributed by atoms with Crippen molar-refractivity contribution in [3.05, 3.63) is 34.3 Å². The first-order valence-electron chi connectivity index (χ1n) is 6.39. The number of benzene rings is 1. The van der Waals surface area contributed by atoms with Crippen molar-refractivity contribution >= 4 is 33.6 Å². The van der Waals surface area contributed by atoms with Crippen LogP contribution >= 0.6 is 27.7 Å². The van der Waals surface area contributed by atoms with E-state index in [0.29, 0.717) is 5.92 Å². The summed E-state index contributed by atoms with van der Waals surface area (Å²) >= 11 is 5.32. The molecule has 0 radical (unpaired) electrons. The highest BCUT2D eigenvalue weighted by molar-refractivity contribution is 9.10. The Kier molecular flexibility index (Phi) is 5.30. The van der Waals surface area contributed by atoms with Gasteiger partial charge in [0.05, 0.1) is 0 Å². The minimum absolute atomic E-state index is 0.261. The number of hydrogen-bond donors (Lipinski definition) is 1. The molecule has 104 valence electrons. The number of amides is 1. The van der Waals surface area contributed by atoms with E-state index in [0.717, 1.165) is 35.3 Å². The van der Waals surface area contributed by atoms with Crippen molar-refractivity contribution in [1.82, 2.24) is 4.90 Å². The van der Waals surface area contributed by atoms with Crippen LogP contribution in [0.2, 0.25) is 0 Å². The standard InChI is InChI=1S/C14H19BrN2OS/c1-19-9-10-5-6-17(8-10)13(14(16)18)11-3-2-4-12(15)7-11/h2-4,7,10,13H,5-6,8-9H2,1H3,(H2,16,18)/t10-,13+/m1/s1. The van der Waals surface area contributed by atoms with Gasteiger partial charge in [0.2, 0.25) is 5.91 Å². The zero-order chi connectivity index (χ0) is 13.8. The van der Waals surface area contributed by atoms with Gasteiger partial charge in [-0.1, -0.05) is 28.1 Å². The van der Waals surface area contributed by atoms with Crippen molar-refractivity contribution in [2.24, 2.45) is 11.7 Å². The second-order valence-electron chi connectivity index (χ2n) is 4.96. The van der Waals surface area contributed by atoms with E-state index in [2.05, 4.69) is 27.1 Å². The summed E-state index contributed by atoms with van der Waals surface area (Å²) in [5.74, 6) is 1.56. The number of nitrogens with two attached hydrogens (primary N) is 1. The Morgan fingerprint density at radius 1 is 1.63 bits per heavy atom. The zero-order valence-electron chi connectivity index (χ0n) is 11.0.